The van der Waals surface area contributed by atoms with Gasteiger partial charge in [-0.05, 0) is 49.5 Å². The van der Waals surface area contributed by atoms with E-state index >= 15 is 0 Å². The van der Waals surface area contributed by atoms with E-state index in [2.05, 4.69) is 19.9 Å². The normalized spacial score (nSPS) is 14.2. The maximum absolute atomic E-state index is 14.0. The zero-order valence-corrected chi connectivity index (χ0v) is 18.7. The van der Waals surface area contributed by atoms with Crippen LogP contribution in [-0.4, -0.2) is 65.8 Å². The number of urea groups is 1. The van der Waals surface area contributed by atoms with Gasteiger partial charge in [-0.1, -0.05) is 12.1 Å². The third-order valence-corrected chi connectivity index (χ3v) is 5.71. The van der Waals surface area contributed by atoms with E-state index in [0.29, 0.717) is 6.54 Å². The van der Waals surface area contributed by atoms with Gasteiger partial charge in [0.25, 0.3) is 0 Å². The minimum atomic E-state index is -1.29. The molecule has 2 amide bonds. The average Bonchev–Trinajstić information content (AvgIpc) is 3.16. The molecule has 1 saturated heterocycles. The summed E-state index contributed by atoms with van der Waals surface area (Å²) in [5.74, 6) is -1.90. The SMILES string of the molecule is Cc1ccc(COc2nsc(NC(=O)NCCCCN3CCOCC3)c2C(=O)O)c(F)c1. The maximum Gasteiger partial charge on any atom is 0.344 e. The molecule has 0 aliphatic carbocycles. The number of carbonyl (C=O) groups excluding carboxylic acids is 1. The number of aromatic nitrogens is 1. The smallest absolute Gasteiger partial charge is 0.344 e. The van der Waals surface area contributed by atoms with E-state index in [1.807, 2.05) is 0 Å². The van der Waals surface area contributed by atoms with Gasteiger partial charge in [0, 0.05) is 25.2 Å². The first-order chi connectivity index (χ1) is 15.4. The summed E-state index contributed by atoms with van der Waals surface area (Å²) in [5.41, 5.74) is 0.791. The Hall–Kier alpha value is -2.76. The van der Waals surface area contributed by atoms with E-state index in [-0.39, 0.29) is 28.6 Å². The van der Waals surface area contributed by atoms with Crippen LogP contribution in [0.25, 0.3) is 0 Å². The van der Waals surface area contributed by atoms with E-state index in [0.717, 1.165) is 62.8 Å². The summed E-state index contributed by atoms with van der Waals surface area (Å²) in [5, 5.41) is 14.8. The average molecular weight is 467 g/mol. The highest BCUT2D eigenvalue weighted by Gasteiger charge is 2.23. The van der Waals surface area contributed by atoms with Crippen LogP contribution in [0.3, 0.4) is 0 Å². The predicted molar refractivity (Wildman–Crippen MR) is 118 cm³/mol. The van der Waals surface area contributed by atoms with Crippen molar-refractivity contribution in [3.63, 3.8) is 0 Å². The van der Waals surface area contributed by atoms with Crippen LogP contribution in [0.1, 0.15) is 34.3 Å². The second-order valence-corrected chi connectivity index (χ2v) is 8.20. The number of nitrogens with zero attached hydrogens (tertiary/aromatic N) is 2. The molecule has 9 nitrogen and oxygen atoms in total. The lowest BCUT2D eigenvalue weighted by atomic mass is 10.1. The lowest BCUT2D eigenvalue weighted by Gasteiger charge is -2.26. The molecule has 174 valence electrons. The molecule has 2 aromatic rings. The molecule has 3 N–H and O–H groups in total. The first-order valence-electron chi connectivity index (χ1n) is 10.4. The molecule has 1 aromatic heterocycles. The molecule has 32 heavy (non-hydrogen) atoms. The van der Waals surface area contributed by atoms with Crippen LogP contribution in [0.15, 0.2) is 18.2 Å². The Labute approximate surface area is 189 Å². The Bertz CT molecular complexity index is 933. The quantitative estimate of drug-likeness (QED) is 0.461. The number of aromatic carboxylic acids is 1. The molecule has 1 aromatic carbocycles. The molecule has 0 spiro atoms. The number of nitrogens with one attached hydrogen (secondary N) is 2. The summed E-state index contributed by atoms with van der Waals surface area (Å²) in [6.07, 6.45) is 1.74. The van der Waals surface area contributed by atoms with Gasteiger partial charge in [-0.3, -0.25) is 10.2 Å². The van der Waals surface area contributed by atoms with E-state index in [1.165, 1.54) is 6.07 Å². The number of carbonyl (C=O) groups is 2. The van der Waals surface area contributed by atoms with Crippen molar-refractivity contribution in [1.29, 1.82) is 0 Å². The zero-order chi connectivity index (χ0) is 22.9. The van der Waals surface area contributed by atoms with Crippen molar-refractivity contribution >= 4 is 28.5 Å². The third kappa shape index (κ3) is 6.87. The Morgan fingerprint density at radius 1 is 1.31 bits per heavy atom. The number of hydrogen-bond acceptors (Lipinski definition) is 7. The standard InChI is InChI=1S/C21H27FN4O5S/c1-14-4-5-15(16(22)12-14)13-31-18-17(20(27)28)19(32-25-18)24-21(29)23-6-2-3-7-26-8-10-30-11-9-26/h4-5,12H,2-3,6-11,13H2,1H3,(H,27,28)(H2,23,24,29). The molecular formula is C21H27FN4O5S. The number of halogens is 1. The Morgan fingerprint density at radius 3 is 2.81 bits per heavy atom. The lowest BCUT2D eigenvalue weighted by Crippen LogP contribution is -2.37. The second-order valence-electron chi connectivity index (χ2n) is 7.42. The fourth-order valence-electron chi connectivity index (χ4n) is 3.20. The Kier molecular flexibility index (Phi) is 8.77. The molecule has 1 fully saturated rings. The molecule has 2 heterocycles. The fourth-order valence-corrected chi connectivity index (χ4v) is 3.92. The number of aryl methyl sites for hydroxylation is 1. The van der Waals surface area contributed by atoms with Crippen molar-refractivity contribution in [2.45, 2.75) is 26.4 Å². The molecule has 0 atom stereocenters. The number of hydrogen-bond donors (Lipinski definition) is 3. The van der Waals surface area contributed by atoms with Gasteiger partial charge in [-0.15, -0.1) is 0 Å². The highest BCUT2D eigenvalue weighted by Crippen LogP contribution is 2.31. The Balaban J connectivity index is 1.47. The molecule has 0 radical (unpaired) electrons. The monoisotopic (exact) mass is 466 g/mol. The molecule has 3 rings (SSSR count). The van der Waals surface area contributed by atoms with Gasteiger partial charge < -0.3 is 19.9 Å². The first-order valence-corrected chi connectivity index (χ1v) is 11.2. The van der Waals surface area contributed by atoms with Crippen LogP contribution in [0, 0.1) is 12.7 Å². The number of morpholine rings is 1. The van der Waals surface area contributed by atoms with Crippen LogP contribution in [0.2, 0.25) is 0 Å². The molecule has 0 saturated carbocycles. The highest BCUT2D eigenvalue weighted by atomic mass is 32.1. The van der Waals surface area contributed by atoms with Gasteiger partial charge in [0.1, 0.15) is 17.4 Å². The van der Waals surface area contributed by atoms with Crippen molar-refractivity contribution in [3.8, 4) is 5.88 Å². The van der Waals surface area contributed by atoms with Crippen LogP contribution in [0.4, 0.5) is 14.2 Å². The summed E-state index contributed by atoms with van der Waals surface area (Å²) in [6.45, 7) is 6.38. The maximum atomic E-state index is 14.0. The molecule has 0 unspecified atom stereocenters. The van der Waals surface area contributed by atoms with E-state index in [9.17, 15) is 19.1 Å². The summed E-state index contributed by atoms with van der Waals surface area (Å²) < 4.78 is 28.7. The van der Waals surface area contributed by atoms with Gasteiger partial charge in [-0.25, -0.2) is 14.0 Å². The number of benzene rings is 1. The second kappa shape index (κ2) is 11.7. The number of unbranched alkanes of at least 4 members (excludes halogenated alkanes) is 1. The summed E-state index contributed by atoms with van der Waals surface area (Å²) in [4.78, 5) is 26.2. The zero-order valence-electron chi connectivity index (χ0n) is 17.9. The van der Waals surface area contributed by atoms with Crippen molar-refractivity contribution in [2.75, 3.05) is 44.7 Å². The lowest BCUT2D eigenvalue weighted by molar-refractivity contribution is 0.0372. The van der Waals surface area contributed by atoms with E-state index in [1.54, 1.807) is 19.1 Å². The number of carboxylic acids is 1. The topological polar surface area (TPSA) is 113 Å². The van der Waals surface area contributed by atoms with E-state index in [4.69, 9.17) is 9.47 Å². The minimum absolute atomic E-state index is 0.0581. The molecule has 0 bridgehead atoms. The van der Waals surface area contributed by atoms with Crippen LogP contribution >= 0.6 is 11.5 Å². The fraction of sp³-hybridized carbons (Fsp3) is 0.476. The number of carboxylic acid groups (broad SMARTS) is 1. The number of rotatable bonds is 10. The summed E-state index contributed by atoms with van der Waals surface area (Å²) in [7, 11) is 0. The van der Waals surface area contributed by atoms with Gasteiger partial charge in [-0.2, -0.15) is 4.37 Å². The molecule has 1 aliphatic rings. The van der Waals surface area contributed by atoms with Gasteiger partial charge >= 0.3 is 12.0 Å². The van der Waals surface area contributed by atoms with Crippen molar-refractivity contribution in [2.24, 2.45) is 0 Å². The number of anilines is 1. The molecular weight excluding hydrogens is 439 g/mol. The summed E-state index contributed by atoms with van der Waals surface area (Å²) >= 11 is 0.797. The number of ether oxygens (including phenoxy) is 2. The third-order valence-electron chi connectivity index (χ3n) is 4.97. The molecule has 11 heteroatoms. The van der Waals surface area contributed by atoms with Crippen molar-refractivity contribution in [1.82, 2.24) is 14.6 Å². The Morgan fingerprint density at radius 2 is 2.09 bits per heavy atom. The van der Waals surface area contributed by atoms with Gasteiger partial charge in [0.15, 0.2) is 5.56 Å². The largest absolute Gasteiger partial charge is 0.477 e. The van der Waals surface area contributed by atoms with Gasteiger partial charge in [0.05, 0.1) is 13.2 Å². The van der Waals surface area contributed by atoms with Gasteiger partial charge in [0.2, 0.25) is 5.88 Å². The minimum Gasteiger partial charge on any atom is -0.477 e. The summed E-state index contributed by atoms with van der Waals surface area (Å²) in [6, 6.07) is 4.16. The van der Waals surface area contributed by atoms with Crippen LogP contribution in [-0.2, 0) is 11.3 Å². The van der Waals surface area contributed by atoms with E-state index < -0.39 is 17.8 Å². The predicted octanol–water partition coefficient (Wildman–Crippen LogP) is 3.10. The highest BCUT2D eigenvalue weighted by molar-refractivity contribution is 7.11. The van der Waals surface area contributed by atoms with Crippen molar-refractivity contribution in [3.05, 3.63) is 40.7 Å². The van der Waals surface area contributed by atoms with Crippen LogP contribution in [0.5, 0.6) is 5.88 Å². The molecule has 1 aliphatic heterocycles. The van der Waals surface area contributed by atoms with Crippen molar-refractivity contribution < 1.29 is 28.6 Å². The number of amides is 2. The first kappa shape index (κ1) is 23.9. The van der Waals surface area contributed by atoms with Crippen LogP contribution < -0.4 is 15.4 Å².